The van der Waals surface area contributed by atoms with Crippen LogP contribution in [0.1, 0.15) is 27.4 Å². The van der Waals surface area contributed by atoms with Gasteiger partial charge in [0, 0.05) is 19.6 Å². The van der Waals surface area contributed by atoms with Crippen LogP contribution in [0, 0.1) is 6.92 Å². The molecule has 23 heavy (non-hydrogen) atoms. The minimum absolute atomic E-state index is 0.0146. The van der Waals surface area contributed by atoms with Crippen molar-refractivity contribution in [3.63, 3.8) is 0 Å². The molecule has 0 bridgehead atoms. The number of hydrogen-bond acceptors (Lipinski definition) is 5. The Balaban J connectivity index is 1.41. The van der Waals surface area contributed by atoms with E-state index in [1.165, 1.54) is 11.3 Å². The zero-order chi connectivity index (χ0) is 16.1. The summed E-state index contributed by atoms with van der Waals surface area (Å²) >= 11 is 1.48. The van der Waals surface area contributed by atoms with Crippen molar-refractivity contribution >= 4 is 17.2 Å². The zero-order valence-corrected chi connectivity index (χ0v) is 14.1. The molecule has 0 radical (unpaired) electrons. The van der Waals surface area contributed by atoms with Gasteiger partial charge in [0.2, 0.25) is 0 Å². The van der Waals surface area contributed by atoms with Crippen molar-refractivity contribution < 1.29 is 13.9 Å². The molecule has 0 aliphatic carbocycles. The monoisotopic (exact) mass is 334 g/mol. The maximum Gasteiger partial charge on any atom is 0.261 e. The summed E-state index contributed by atoms with van der Waals surface area (Å²) in [7, 11) is 0. The van der Waals surface area contributed by atoms with Gasteiger partial charge in [-0.2, -0.15) is 0 Å². The van der Waals surface area contributed by atoms with Gasteiger partial charge in [0.15, 0.2) is 0 Å². The fraction of sp³-hybridized carbons (Fsp3) is 0.471. The molecule has 1 atom stereocenters. The normalized spacial score (nSPS) is 18.9. The van der Waals surface area contributed by atoms with E-state index in [2.05, 4.69) is 10.2 Å². The highest BCUT2D eigenvalue weighted by atomic mass is 32.1. The first-order valence-corrected chi connectivity index (χ1v) is 8.79. The maximum absolute atomic E-state index is 12.1. The van der Waals surface area contributed by atoms with Crippen LogP contribution in [0.4, 0.5) is 0 Å². The number of carbonyl (C=O) groups excluding carboxylic acids is 1. The van der Waals surface area contributed by atoms with E-state index in [-0.39, 0.29) is 12.0 Å². The average molecular weight is 334 g/mol. The van der Waals surface area contributed by atoms with E-state index in [9.17, 15) is 4.79 Å². The molecular weight excluding hydrogens is 312 g/mol. The highest BCUT2D eigenvalue weighted by Crippen LogP contribution is 2.16. The van der Waals surface area contributed by atoms with Gasteiger partial charge in [-0.1, -0.05) is 0 Å². The van der Waals surface area contributed by atoms with Gasteiger partial charge in [-0.25, -0.2) is 0 Å². The third-order valence-corrected chi connectivity index (χ3v) is 5.02. The van der Waals surface area contributed by atoms with E-state index >= 15 is 0 Å². The number of carbonyl (C=O) groups is 1. The van der Waals surface area contributed by atoms with Gasteiger partial charge < -0.3 is 14.5 Å². The topological polar surface area (TPSA) is 54.7 Å². The van der Waals surface area contributed by atoms with Gasteiger partial charge in [0.05, 0.1) is 30.4 Å². The number of morpholine rings is 1. The van der Waals surface area contributed by atoms with E-state index in [0.717, 1.165) is 48.9 Å². The van der Waals surface area contributed by atoms with Crippen molar-refractivity contribution in [3.05, 3.63) is 46.0 Å². The van der Waals surface area contributed by atoms with Gasteiger partial charge in [0.1, 0.15) is 5.76 Å². The highest BCUT2D eigenvalue weighted by Gasteiger charge is 2.21. The molecule has 2 aromatic heterocycles. The van der Waals surface area contributed by atoms with E-state index in [1.54, 1.807) is 6.26 Å². The number of nitrogens with one attached hydrogen (secondary N) is 1. The maximum atomic E-state index is 12.1. The van der Waals surface area contributed by atoms with Crippen LogP contribution >= 0.6 is 11.3 Å². The van der Waals surface area contributed by atoms with Crippen molar-refractivity contribution in [2.24, 2.45) is 0 Å². The Morgan fingerprint density at radius 2 is 2.39 bits per heavy atom. The highest BCUT2D eigenvalue weighted by molar-refractivity contribution is 7.12. The summed E-state index contributed by atoms with van der Waals surface area (Å²) in [6, 6.07) is 5.87. The smallest absolute Gasteiger partial charge is 0.261 e. The number of rotatable bonds is 6. The third-order valence-electron chi connectivity index (χ3n) is 4.00. The number of hydrogen-bond donors (Lipinski definition) is 1. The lowest BCUT2D eigenvalue weighted by atomic mass is 10.2. The molecule has 1 aliphatic heterocycles. The third kappa shape index (κ3) is 4.43. The zero-order valence-electron chi connectivity index (χ0n) is 13.3. The molecular formula is C17H22N2O3S. The summed E-state index contributed by atoms with van der Waals surface area (Å²) in [4.78, 5) is 15.2. The Labute approximate surface area is 140 Å². The summed E-state index contributed by atoms with van der Waals surface area (Å²) < 4.78 is 11.2. The molecule has 6 heteroatoms. The quantitative estimate of drug-likeness (QED) is 0.882. The molecule has 1 unspecified atom stereocenters. The predicted octanol–water partition coefficient (Wildman–Crippen LogP) is 2.67. The number of furan rings is 1. The Bertz CT molecular complexity index is 624. The van der Waals surface area contributed by atoms with Crippen LogP contribution in [-0.4, -0.2) is 43.2 Å². The number of aryl methyl sites for hydroxylation is 1. The van der Waals surface area contributed by atoms with Crippen molar-refractivity contribution in [1.29, 1.82) is 0 Å². The lowest BCUT2D eigenvalue weighted by Crippen LogP contribution is -2.43. The van der Waals surface area contributed by atoms with Crippen LogP contribution in [0.25, 0.3) is 0 Å². The number of amides is 1. The Kier molecular flexibility index (Phi) is 5.48. The number of thiophene rings is 1. The number of ether oxygens (including phenoxy) is 1. The lowest BCUT2D eigenvalue weighted by molar-refractivity contribution is -0.0358. The largest absolute Gasteiger partial charge is 0.468 e. The SMILES string of the molecule is Cc1ccsc1C(=O)NCCC1CN(Cc2ccco2)CCO1. The molecule has 1 aliphatic rings. The molecule has 0 spiro atoms. The second-order valence-electron chi connectivity index (χ2n) is 5.78. The lowest BCUT2D eigenvalue weighted by Gasteiger charge is -2.32. The predicted molar refractivity (Wildman–Crippen MR) is 89.7 cm³/mol. The molecule has 5 nitrogen and oxygen atoms in total. The van der Waals surface area contributed by atoms with Crippen LogP contribution in [0.15, 0.2) is 34.3 Å². The van der Waals surface area contributed by atoms with Crippen LogP contribution in [-0.2, 0) is 11.3 Å². The first kappa shape index (κ1) is 16.2. The Hall–Kier alpha value is -1.63. The second kappa shape index (κ2) is 7.77. The summed E-state index contributed by atoms with van der Waals surface area (Å²) in [6.07, 6.45) is 2.68. The molecule has 124 valence electrons. The molecule has 3 heterocycles. The molecule has 1 saturated heterocycles. The van der Waals surface area contributed by atoms with Crippen LogP contribution in [0.2, 0.25) is 0 Å². The summed E-state index contributed by atoms with van der Waals surface area (Å²) in [5, 5.41) is 4.93. The second-order valence-corrected chi connectivity index (χ2v) is 6.70. The van der Waals surface area contributed by atoms with E-state index in [0.29, 0.717) is 6.54 Å². The van der Waals surface area contributed by atoms with Crippen LogP contribution in [0.5, 0.6) is 0 Å². The van der Waals surface area contributed by atoms with Gasteiger partial charge in [-0.05, 0) is 42.5 Å². The Morgan fingerprint density at radius 3 is 3.13 bits per heavy atom. The van der Waals surface area contributed by atoms with Crippen molar-refractivity contribution in [2.45, 2.75) is 26.0 Å². The fourth-order valence-electron chi connectivity index (χ4n) is 2.75. The van der Waals surface area contributed by atoms with Gasteiger partial charge >= 0.3 is 0 Å². The van der Waals surface area contributed by atoms with Crippen molar-refractivity contribution in [2.75, 3.05) is 26.2 Å². The van der Waals surface area contributed by atoms with Crippen LogP contribution < -0.4 is 5.32 Å². The minimum Gasteiger partial charge on any atom is -0.468 e. The molecule has 1 fully saturated rings. The van der Waals surface area contributed by atoms with E-state index in [1.807, 2.05) is 30.5 Å². The van der Waals surface area contributed by atoms with Crippen molar-refractivity contribution in [3.8, 4) is 0 Å². The van der Waals surface area contributed by atoms with E-state index < -0.39 is 0 Å². The molecule has 3 rings (SSSR count). The summed E-state index contributed by atoms with van der Waals surface area (Å²) in [5.41, 5.74) is 1.03. The molecule has 0 aromatic carbocycles. The summed E-state index contributed by atoms with van der Waals surface area (Å²) in [6.45, 7) is 5.92. The van der Waals surface area contributed by atoms with Crippen molar-refractivity contribution in [1.82, 2.24) is 10.2 Å². The summed E-state index contributed by atoms with van der Waals surface area (Å²) in [5.74, 6) is 0.993. The average Bonchev–Trinajstić information content (AvgIpc) is 3.19. The first-order valence-electron chi connectivity index (χ1n) is 7.91. The fourth-order valence-corrected chi connectivity index (χ4v) is 3.60. The van der Waals surface area contributed by atoms with E-state index in [4.69, 9.17) is 9.15 Å². The van der Waals surface area contributed by atoms with Gasteiger partial charge in [0.25, 0.3) is 5.91 Å². The standard InChI is InChI=1S/C17H22N2O3S/c1-13-5-10-23-16(13)17(20)18-6-4-15-12-19(7-9-22-15)11-14-3-2-8-21-14/h2-3,5,8,10,15H,4,6-7,9,11-12H2,1H3,(H,18,20). The molecule has 1 N–H and O–H groups in total. The minimum atomic E-state index is 0.0146. The van der Waals surface area contributed by atoms with Gasteiger partial charge in [-0.15, -0.1) is 11.3 Å². The molecule has 2 aromatic rings. The molecule has 1 amide bonds. The van der Waals surface area contributed by atoms with Crippen LogP contribution in [0.3, 0.4) is 0 Å². The number of nitrogens with zero attached hydrogens (tertiary/aromatic N) is 1. The van der Waals surface area contributed by atoms with Gasteiger partial charge in [-0.3, -0.25) is 9.69 Å². The molecule has 0 saturated carbocycles. The first-order chi connectivity index (χ1) is 11.2. The Morgan fingerprint density at radius 1 is 1.48 bits per heavy atom.